The maximum Gasteiger partial charge on any atom is 0.404 e. The summed E-state index contributed by atoms with van der Waals surface area (Å²) < 4.78 is 9.67. The van der Waals surface area contributed by atoms with Gasteiger partial charge in [-0.05, 0) is 119 Å². The van der Waals surface area contributed by atoms with Gasteiger partial charge in [0.05, 0.1) is 22.3 Å². The number of hydrogen-bond acceptors (Lipinski definition) is 4. The molecule has 0 saturated heterocycles. The highest BCUT2D eigenvalue weighted by Crippen LogP contribution is 2.53. The predicted molar refractivity (Wildman–Crippen MR) is 243 cm³/mol. The highest BCUT2D eigenvalue weighted by molar-refractivity contribution is 6.23. The van der Waals surface area contributed by atoms with Crippen LogP contribution in [0, 0.1) is 27.7 Å². The zero-order valence-corrected chi connectivity index (χ0v) is 33.6. The second kappa shape index (κ2) is 9.78. The Morgan fingerprint density at radius 2 is 0.721 bits per heavy atom. The van der Waals surface area contributed by atoms with Crippen molar-refractivity contribution in [1.29, 1.82) is 0 Å². The third-order valence-electron chi connectivity index (χ3n) is 14.2. The topological polar surface area (TPSA) is 65.3 Å². The number of hydrogen-bond donors (Lipinski definition) is 0. The van der Waals surface area contributed by atoms with Crippen LogP contribution < -0.4 is 11.0 Å². The monoisotopic (exact) mass is 780 g/mol. The van der Waals surface area contributed by atoms with Gasteiger partial charge in [0.1, 0.15) is 0 Å². The highest BCUT2D eigenvalue weighted by atomic mass is 15.7. The van der Waals surface area contributed by atoms with Crippen molar-refractivity contribution >= 4 is 99.6 Å². The van der Waals surface area contributed by atoms with Crippen molar-refractivity contribution in [3.05, 3.63) is 177 Å². The minimum Gasteiger partial charge on any atom is -0.192 e. The van der Waals surface area contributed by atoms with Gasteiger partial charge < -0.3 is 0 Å². The Hall–Kier alpha value is -7.84. The lowest BCUT2D eigenvalue weighted by molar-refractivity contribution is -0.790. The second-order valence-electron chi connectivity index (χ2n) is 18.0. The third kappa shape index (κ3) is 3.41. The summed E-state index contributed by atoms with van der Waals surface area (Å²) >= 11 is 0. The van der Waals surface area contributed by atoms with Crippen LogP contribution in [0.4, 0.5) is 11.6 Å². The van der Waals surface area contributed by atoms with Crippen molar-refractivity contribution < 1.29 is 9.15 Å². The first-order valence-corrected chi connectivity index (χ1v) is 21.0. The van der Waals surface area contributed by atoms with Crippen molar-refractivity contribution in [2.45, 2.75) is 33.6 Å². The van der Waals surface area contributed by atoms with E-state index in [1.807, 2.05) is 0 Å². The molecule has 8 aromatic carbocycles. The molecule has 10 aromatic rings. The fourth-order valence-corrected chi connectivity index (χ4v) is 11.5. The molecule has 2 aromatic heterocycles. The van der Waals surface area contributed by atoms with Crippen LogP contribution in [0.5, 0.6) is 0 Å². The average molecular weight is 781 g/mol. The summed E-state index contributed by atoms with van der Waals surface area (Å²) in [6, 6.07) is 45.5. The van der Waals surface area contributed by atoms with Crippen molar-refractivity contribution in [2.75, 3.05) is 0 Å². The zero-order valence-electron chi connectivity index (χ0n) is 33.6. The van der Waals surface area contributed by atoms with Crippen LogP contribution in [0.1, 0.15) is 44.5 Å². The van der Waals surface area contributed by atoms with E-state index in [4.69, 9.17) is 20.0 Å². The van der Waals surface area contributed by atoms with Gasteiger partial charge in [-0.3, -0.25) is 0 Å². The van der Waals surface area contributed by atoms with E-state index >= 15 is 0 Å². The first-order valence-electron chi connectivity index (χ1n) is 21.0. The number of rotatable bonds is 0. The summed E-state index contributed by atoms with van der Waals surface area (Å²) in [5, 5.41) is 13.8. The minimum absolute atomic E-state index is 0.883. The average Bonchev–Trinajstić information content (AvgIpc) is 3.95. The van der Waals surface area contributed by atoms with Crippen molar-refractivity contribution in [2.24, 2.45) is 20.0 Å². The Morgan fingerprint density at radius 1 is 0.361 bits per heavy atom. The SMILES string of the molecule is Cc1ccc2cc3c(cc2c1)C1=Nc2c4cc5ccc(C)cc5cc4c4n2C25n6c(c7cc8ccc(C)cc8cc7c6=NC3=[N+]12)=NC1=[N+]5C(=N4)c2cc3ccc(C)cc3cc21. The lowest BCUT2D eigenvalue weighted by Crippen LogP contribution is -2.71. The highest BCUT2D eigenvalue weighted by Gasteiger charge is 2.69. The lowest BCUT2D eigenvalue weighted by atomic mass is 9.99. The molecule has 8 heteroatoms. The fourth-order valence-electron chi connectivity index (χ4n) is 11.5. The van der Waals surface area contributed by atoms with Crippen LogP contribution in [0.3, 0.4) is 0 Å². The van der Waals surface area contributed by atoms with E-state index in [1.165, 1.54) is 65.3 Å². The van der Waals surface area contributed by atoms with E-state index in [0.29, 0.717) is 0 Å². The van der Waals surface area contributed by atoms with Crippen molar-refractivity contribution in [1.82, 2.24) is 9.13 Å². The number of fused-ring (bicyclic) bond motifs is 16. The van der Waals surface area contributed by atoms with E-state index < -0.39 is 5.91 Å². The molecule has 1 atom stereocenters. The molecule has 0 aliphatic carbocycles. The fraction of sp³-hybridized carbons (Fsp3) is 0.0943. The summed E-state index contributed by atoms with van der Waals surface area (Å²) in [4.78, 5) is 23.1. The number of aryl methyl sites for hydroxylation is 4. The standard InChI is InChI=1S/C53H32N8/c1-25-5-9-29-17-37-41(21-33(29)13-25)49-54-46-38-18-30-10-6-26(2)14-34(30)22-42(38)51-56-48-40-20-32-12-8-28(4)16-36(32)24-44(40)52-57-47-39-19-31-11-7-27(3)15-35(31)23-43(39)50-55-45(37)58(49)53(59(46)51,60(47)50)61(48)52/h5-24H,1-4H3/q+2. The molecule has 6 aliphatic heterocycles. The summed E-state index contributed by atoms with van der Waals surface area (Å²) in [5.41, 5.74) is 11.0. The molecule has 61 heavy (non-hydrogen) atoms. The molecule has 16 rings (SSSR count). The van der Waals surface area contributed by atoms with E-state index in [9.17, 15) is 0 Å². The van der Waals surface area contributed by atoms with Gasteiger partial charge in [0, 0.05) is 21.5 Å². The molecule has 8 nitrogen and oxygen atoms in total. The van der Waals surface area contributed by atoms with E-state index in [-0.39, 0.29) is 0 Å². The minimum atomic E-state index is -1.08. The van der Waals surface area contributed by atoms with Gasteiger partial charge in [0.15, 0.2) is 0 Å². The molecule has 0 bridgehead atoms. The van der Waals surface area contributed by atoms with E-state index in [0.717, 1.165) is 89.8 Å². The van der Waals surface area contributed by atoms with E-state index in [2.05, 4.69) is 167 Å². The molecule has 1 spiro atoms. The molecule has 0 saturated carbocycles. The Kier molecular flexibility index (Phi) is 4.99. The molecule has 6 aliphatic rings. The number of aliphatic imine (C=N–C) groups is 2. The summed E-state index contributed by atoms with van der Waals surface area (Å²) in [5.74, 6) is 4.22. The predicted octanol–water partition coefficient (Wildman–Crippen LogP) is 9.55. The quantitative estimate of drug-likeness (QED) is 0.138. The maximum absolute atomic E-state index is 5.78. The summed E-state index contributed by atoms with van der Waals surface area (Å²) in [6.45, 7) is 8.65. The molecule has 282 valence electrons. The van der Waals surface area contributed by atoms with Gasteiger partial charge in [-0.1, -0.05) is 115 Å². The van der Waals surface area contributed by atoms with Gasteiger partial charge in [-0.15, -0.1) is 9.15 Å². The Balaban J connectivity index is 1.18. The molecule has 0 N–H and O–H groups in total. The zero-order chi connectivity index (χ0) is 39.9. The summed E-state index contributed by atoms with van der Waals surface area (Å²) in [7, 11) is 0. The largest absolute Gasteiger partial charge is 0.404 e. The Morgan fingerprint density at radius 3 is 1.21 bits per heavy atom. The Bertz CT molecular complexity index is 4260. The van der Waals surface area contributed by atoms with Crippen LogP contribution in [0.25, 0.3) is 64.6 Å². The van der Waals surface area contributed by atoms with Gasteiger partial charge in [-0.25, -0.2) is 0 Å². The van der Waals surface area contributed by atoms with Gasteiger partial charge in [0.2, 0.25) is 22.6 Å². The van der Waals surface area contributed by atoms with Gasteiger partial charge >= 0.3 is 5.91 Å². The number of aromatic nitrogens is 2. The normalized spacial score (nSPS) is 18.2. The van der Waals surface area contributed by atoms with Gasteiger partial charge in [0.25, 0.3) is 23.3 Å². The van der Waals surface area contributed by atoms with Gasteiger partial charge in [-0.2, -0.15) is 9.13 Å². The molecule has 0 fully saturated rings. The third-order valence-corrected chi connectivity index (χ3v) is 14.2. The lowest BCUT2D eigenvalue weighted by Gasteiger charge is -2.40. The van der Waals surface area contributed by atoms with Crippen molar-refractivity contribution in [3.8, 4) is 0 Å². The summed E-state index contributed by atoms with van der Waals surface area (Å²) in [6.07, 6.45) is 0. The number of amidine groups is 4. The first kappa shape index (κ1) is 31.1. The smallest absolute Gasteiger partial charge is 0.192 e. The first-order chi connectivity index (χ1) is 29.8. The maximum atomic E-state index is 5.78. The van der Waals surface area contributed by atoms with Crippen molar-refractivity contribution in [3.63, 3.8) is 0 Å². The molecule has 0 radical (unpaired) electrons. The van der Waals surface area contributed by atoms with Crippen LogP contribution in [-0.4, -0.2) is 41.6 Å². The second-order valence-corrected chi connectivity index (χ2v) is 18.0. The van der Waals surface area contributed by atoms with Crippen LogP contribution >= 0.6 is 0 Å². The Labute approximate surface area is 347 Å². The molecular weight excluding hydrogens is 749 g/mol. The molecule has 0 amide bonds. The number of nitrogens with zero attached hydrogens (tertiary/aromatic N) is 8. The molecule has 1 unspecified atom stereocenters. The van der Waals surface area contributed by atoms with Crippen LogP contribution in [0.2, 0.25) is 0 Å². The van der Waals surface area contributed by atoms with Crippen LogP contribution in [-0.2, 0) is 5.91 Å². The van der Waals surface area contributed by atoms with Crippen LogP contribution in [0.15, 0.2) is 141 Å². The molecular formula is C53H32N8+2. The van der Waals surface area contributed by atoms with E-state index in [1.54, 1.807) is 0 Å². The number of benzene rings is 8. The molecule has 8 heterocycles.